The summed E-state index contributed by atoms with van der Waals surface area (Å²) in [6, 6.07) is 11.0. The molecular weight excluding hydrogens is 521 g/mol. The predicted octanol–water partition coefficient (Wildman–Crippen LogP) is 9.16. The van der Waals surface area contributed by atoms with Crippen molar-refractivity contribution in [3.8, 4) is 11.3 Å². The summed E-state index contributed by atoms with van der Waals surface area (Å²) < 4.78 is 40.5. The van der Waals surface area contributed by atoms with Gasteiger partial charge >= 0.3 is 6.18 Å². The fourth-order valence-electron chi connectivity index (χ4n) is 4.68. The Bertz CT molecular complexity index is 1320. The van der Waals surface area contributed by atoms with Crippen LogP contribution in [0.25, 0.3) is 21.3 Å². The maximum Gasteiger partial charge on any atom is 0.395 e. The molecule has 1 aromatic carbocycles. The molecule has 2 unspecified atom stereocenters. The van der Waals surface area contributed by atoms with Gasteiger partial charge in [0.2, 0.25) is 0 Å². The van der Waals surface area contributed by atoms with Gasteiger partial charge in [-0.1, -0.05) is 53.9 Å². The lowest BCUT2D eigenvalue weighted by Crippen LogP contribution is -2.17. The van der Waals surface area contributed by atoms with Gasteiger partial charge in [0.25, 0.3) is 0 Å². The highest BCUT2D eigenvalue weighted by atomic mass is 35.5. The summed E-state index contributed by atoms with van der Waals surface area (Å²) >= 11 is 9.58. The minimum absolute atomic E-state index is 0.223. The van der Waals surface area contributed by atoms with Crippen molar-refractivity contribution in [2.45, 2.75) is 62.8 Å². The molecule has 2 heterocycles. The summed E-state index contributed by atoms with van der Waals surface area (Å²) in [7, 11) is 0. The Kier molecular flexibility index (Phi) is 7.29. The molecule has 2 aromatic heterocycles. The number of benzene rings is 1. The molecule has 2 saturated carbocycles. The number of rotatable bonds is 5. The van der Waals surface area contributed by atoms with E-state index < -0.39 is 12.1 Å². The van der Waals surface area contributed by atoms with Crippen LogP contribution in [-0.2, 0) is 6.42 Å². The zero-order valence-electron chi connectivity index (χ0n) is 19.9. The number of alkyl halides is 3. The molecule has 3 aliphatic carbocycles. The van der Waals surface area contributed by atoms with Crippen molar-refractivity contribution in [2.24, 2.45) is 10.6 Å². The molecule has 6 rings (SSSR count). The number of hydrogen-bond acceptors (Lipinski definition) is 4. The van der Waals surface area contributed by atoms with E-state index in [9.17, 15) is 13.2 Å². The fraction of sp³-hybridized carbons (Fsp3) is 0.393. The Labute approximate surface area is 223 Å². The normalized spacial score (nSPS) is 20.9. The lowest BCUT2D eigenvalue weighted by Gasteiger charge is -2.16. The van der Waals surface area contributed by atoms with E-state index in [1.807, 2.05) is 18.2 Å². The van der Waals surface area contributed by atoms with Gasteiger partial charge in [0, 0.05) is 38.0 Å². The first kappa shape index (κ1) is 25.8. The van der Waals surface area contributed by atoms with Gasteiger partial charge in [-0.05, 0) is 79.2 Å². The van der Waals surface area contributed by atoms with Gasteiger partial charge in [-0.2, -0.15) is 13.2 Å². The lowest BCUT2D eigenvalue weighted by molar-refractivity contribution is -0.146. The second kappa shape index (κ2) is 10.2. The average molecular weight is 549 g/mol. The molecule has 190 valence electrons. The van der Waals surface area contributed by atoms with Crippen molar-refractivity contribution in [1.82, 2.24) is 4.98 Å². The molecular formula is C28H28ClF3N2S2. The van der Waals surface area contributed by atoms with Gasteiger partial charge in [0.1, 0.15) is 0 Å². The molecule has 8 heteroatoms. The van der Waals surface area contributed by atoms with Crippen LogP contribution in [0.4, 0.5) is 13.2 Å². The van der Waals surface area contributed by atoms with E-state index in [0.29, 0.717) is 5.69 Å². The topological polar surface area (TPSA) is 38.9 Å². The molecule has 0 radical (unpaired) electrons. The molecule has 0 saturated heterocycles. The van der Waals surface area contributed by atoms with Crippen LogP contribution in [-0.4, -0.2) is 16.4 Å². The summed E-state index contributed by atoms with van der Waals surface area (Å²) in [6.45, 7) is 1.18. The van der Waals surface area contributed by atoms with E-state index in [-0.39, 0.29) is 5.56 Å². The summed E-state index contributed by atoms with van der Waals surface area (Å²) in [5.74, 6) is -1.53. The Hall–Kier alpha value is -1.80. The van der Waals surface area contributed by atoms with Crippen molar-refractivity contribution in [3.05, 3.63) is 75.8 Å². The number of fused-ring (bicyclic) bond motifs is 1. The molecule has 0 amide bonds. The van der Waals surface area contributed by atoms with Crippen LogP contribution in [0.15, 0.2) is 65.4 Å². The van der Waals surface area contributed by atoms with E-state index in [1.165, 1.54) is 43.3 Å². The van der Waals surface area contributed by atoms with Crippen LogP contribution in [0.2, 0.25) is 0 Å². The van der Waals surface area contributed by atoms with Crippen LogP contribution in [0.5, 0.6) is 0 Å². The highest BCUT2D eigenvalue weighted by Gasteiger charge is 2.62. The Morgan fingerprint density at radius 3 is 2.69 bits per heavy atom. The number of hydrogen-bond donors (Lipinski definition) is 1. The third-order valence-electron chi connectivity index (χ3n) is 7.38. The molecule has 3 aliphatic rings. The van der Waals surface area contributed by atoms with E-state index in [2.05, 4.69) is 23.2 Å². The van der Waals surface area contributed by atoms with E-state index in [4.69, 9.17) is 16.7 Å². The van der Waals surface area contributed by atoms with Crippen molar-refractivity contribution in [3.63, 3.8) is 0 Å². The summed E-state index contributed by atoms with van der Waals surface area (Å²) in [5.41, 5.74) is 3.58. The maximum absolute atomic E-state index is 13.1. The first-order valence-electron chi connectivity index (χ1n) is 12.1. The molecule has 2 atom stereocenters. The lowest BCUT2D eigenvalue weighted by atomic mass is 9.99. The van der Waals surface area contributed by atoms with Gasteiger partial charge < -0.3 is 0 Å². The minimum Gasteiger partial charge on any atom is -0.278 e. The molecule has 36 heavy (non-hydrogen) atoms. The first-order chi connectivity index (χ1) is 17.2. The SMILES string of the molecule is CC(c1ccnc(-c2cccc3cc(CC4=C(Cl)CCC=C4)sc23)c1)C(F)(F)F.NSC1CC12CC2. The third kappa shape index (κ3) is 5.54. The quantitative estimate of drug-likeness (QED) is 0.323. The van der Waals surface area contributed by atoms with Crippen molar-refractivity contribution < 1.29 is 13.2 Å². The number of halogens is 4. The maximum atomic E-state index is 13.1. The number of aromatic nitrogens is 1. The van der Waals surface area contributed by atoms with Gasteiger partial charge in [0.05, 0.1) is 11.6 Å². The third-order valence-corrected chi connectivity index (χ3v) is 9.99. The highest BCUT2D eigenvalue weighted by molar-refractivity contribution is 7.98. The Morgan fingerprint density at radius 2 is 2.06 bits per heavy atom. The zero-order chi connectivity index (χ0) is 25.5. The smallest absolute Gasteiger partial charge is 0.278 e. The van der Waals surface area contributed by atoms with E-state index in [1.54, 1.807) is 29.4 Å². The molecule has 3 aromatic rings. The molecule has 1 spiro atoms. The summed E-state index contributed by atoms with van der Waals surface area (Å²) in [6.07, 6.45) is 8.33. The van der Waals surface area contributed by atoms with Crippen LogP contribution >= 0.6 is 34.9 Å². The number of allylic oxidation sites excluding steroid dienone is 4. The predicted molar refractivity (Wildman–Crippen MR) is 146 cm³/mol. The molecule has 2 nitrogen and oxygen atoms in total. The summed E-state index contributed by atoms with van der Waals surface area (Å²) in [4.78, 5) is 5.53. The molecule has 0 bridgehead atoms. The average Bonchev–Trinajstić information content (AvgIpc) is 3.76. The van der Waals surface area contributed by atoms with Crippen LogP contribution in [0.3, 0.4) is 0 Å². The van der Waals surface area contributed by atoms with Crippen molar-refractivity contribution in [1.29, 1.82) is 0 Å². The number of thiophene rings is 1. The van der Waals surface area contributed by atoms with Crippen molar-refractivity contribution in [2.75, 3.05) is 0 Å². The molecule has 2 fully saturated rings. The van der Waals surface area contributed by atoms with Crippen LogP contribution in [0, 0.1) is 5.41 Å². The number of nitrogens with two attached hydrogens (primary N) is 1. The van der Waals surface area contributed by atoms with Gasteiger partial charge in [-0.15, -0.1) is 11.3 Å². The second-order valence-electron chi connectivity index (χ2n) is 9.91. The van der Waals surface area contributed by atoms with Gasteiger partial charge in [-0.25, -0.2) is 0 Å². The summed E-state index contributed by atoms with van der Waals surface area (Å²) in [5, 5.41) is 8.19. The highest BCUT2D eigenvalue weighted by Crippen LogP contribution is 2.69. The van der Waals surface area contributed by atoms with Crippen LogP contribution in [0.1, 0.15) is 55.4 Å². The zero-order valence-corrected chi connectivity index (χ0v) is 22.3. The monoisotopic (exact) mass is 548 g/mol. The fourth-order valence-corrected chi connectivity index (χ4v) is 7.07. The second-order valence-corrected chi connectivity index (χ2v) is 12.3. The van der Waals surface area contributed by atoms with Crippen LogP contribution < -0.4 is 5.14 Å². The molecule has 0 aliphatic heterocycles. The van der Waals surface area contributed by atoms with Gasteiger partial charge in [-0.3, -0.25) is 10.1 Å². The van der Waals surface area contributed by atoms with E-state index in [0.717, 1.165) is 56.2 Å². The van der Waals surface area contributed by atoms with E-state index >= 15 is 0 Å². The minimum atomic E-state index is -4.28. The standard InChI is InChI=1S/C23H19ClF3NS.C5H9NS/c1-14(23(25,26)27)15-9-10-28-21(13-15)19-7-4-6-17-12-18(29-22(17)19)11-16-5-2-3-8-20(16)24;6-7-4-3-5(4)1-2-5/h2,4-7,9-10,12-14H,3,8,11H2,1H3;4H,1-3,6H2. The number of nitrogens with zero attached hydrogens (tertiary/aromatic N) is 1. The van der Waals surface area contributed by atoms with Gasteiger partial charge in [0.15, 0.2) is 0 Å². The Morgan fingerprint density at radius 1 is 1.25 bits per heavy atom. The van der Waals surface area contributed by atoms with Crippen molar-refractivity contribution >= 4 is 45.0 Å². The first-order valence-corrected chi connectivity index (χ1v) is 14.3. The number of pyridine rings is 1. The largest absolute Gasteiger partial charge is 0.395 e. The Balaban J connectivity index is 0.000000323. The molecule has 2 N–H and O–H groups in total.